The standard InChI is InChI=1S/C19H22F3N3OS/c1-11-7-14(9-15(8-11)19(20,21)22)17-16(10-25-6-4-5-12(25)2)27-18(24-17)23-13(3)26/h7-9,12H,4-6,10H2,1-3H3,(H,23,24,26). The van der Waals surface area contributed by atoms with E-state index in [-0.39, 0.29) is 5.91 Å². The van der Waals surface area contributed by atoms with Gasteiger partial charge in [-0.1, -0.05) is 11.3 Å². The first-order chi connectivity index (χ1) is 12.6. The summed E-state index contributed by atoms with van der Waals surface area (Å²) in [5, 5.41) is 3.07. The number of aryl methyl sites for hydroxylation is 1. The van der Waals surface area contributed by atoms with Crippen LogP contribution in [0.3, 0.4) is 0 Å². The van der Waals surface area contributed by atoms with Gasteiger partial charge in [0.15, 0.2) is 5.13 Å². The van der Waals surface area contributed by atoms with Gasteiger partial charge in [-0.2, -0.15) is 13.2 Å². The smallest absolute Gasteiger partial charge is 0.302 e. The van der Waals surface area contributed by atoms with E-state index in [2.05, 4.69) is 22.1 Å². The lowest BCUT2D eigenvalue weighted by atomic mass is 10.0. The summed E-state index contributed by atoms with van der Waals surface area (Å²) in [6.45, 7) is 6.75. The van der Waals surface area contributed by atoms with Crippen molar-refractivity contribution in [3.8, 4) is 11.3 Å². The monoisotopic (exact) mass is 397 g/mol. The van der Waals surface area contributed by atoms with E-state index in [0.717, 1.165) is 36.4 Å². The maximum absolute atomic E-state index is 13.2. The Labute approximate surface area is 160 Å². The number of carbonyl (C=O) groups excluding carboxylic acids is 1. The van der Waals surface area contributed by atoms with E-state index >= 15 is 0 Å². The van der Waals surface area contributed by atoms with Gasteiger partial charge in [-0.15, -0.1) is 0 Å². The first kappa shape index (κ1) is 19.8. The number of nitrogens with zero attached hydrogens (tertiary/aromatic N) is 2. The van der Waals surface area contributed by atoms with Gasteiger partial charge in [0.2, 0.25) is 5.91 Å². The third-order valence-electron chi connectivity index (χ3n) is 4.70. The number of anilines is 1. The summed E-state index contributed by atoms with van der Waals surface area (Å²) in [7, 11) is 0. The fourth-order valence-electron chi connectivity index (χ4n) is 3.38. The van der Waals surface area contributed by atoms with Crippen LogP contribution >= 0.6 is 11.3 Å². The second-order valence-electron chi connectivity index (χ2n) is 7.02. The van der Waals surface area contributed by atoms with Crippen molar-refractivity contribution in [2.45, 2.75) is 52.4 Å². The molecule has 0 bridgehead atoms. The van der Waals surface area contributed by atoms with Crippen molar-refractivity contribution in [1.82, 2.24) is 9.88 Å². The van der Waals surface area contributed by atoms with Crippen molar-refractivity contribution in [2.24, 2.45) is 0 Å². The normalized spacial score (nSPS) is 18.1. The molecule has 146 valence electrons. The summed E-state index contributed by atoms with van der Waals surface area (Å²) < 4.78 is 39.7. The van der Waals surface area contributed by atoms with Gasteiger partial charge < -0.3 is 5.32 Å². The molecule has 1 saturated heterocycles. The van der Waals surface area contributed by atoms with E-state index in [9.17, 15) is 18.0 Å². The molecule has 0 radical (unpaired) electrons. The fraction of sp³-hybridized carbons (Fsp3) is 0.474. The summed E-state index contributed by atoms with van der Waals surface area (Å²) in [4.78, 5) is 19.0. The quantitative estimate of drug-likeness (QED) is 0.783. The number of thiazole rings is 1. The second kappa shape index (κ2) is 7.59. The van der Waals surface area contributed by atoms with Crippen LogP contribution in [0.1, 0.15) is 42.7 Å². The van der Waals surface area contributed by atoms with Crippen LogP contribution in [-0.4, -0.2) is 28.4 Å². The van der Waals surface area contributed by atoms with Gasteiger partial charge in [-0.25, -0.2) is 4.98 Å². The lowest BCUT2D eigenvalue weighted by Crippen LogP contribution is -2.25. The minimum atomic E-state index is -4.42. The number of hydrogen-bond acceptors (Lipinski definition) is 4. The zero-order chi connectivity index (χ0) is 19.8. The fourth-order valence-corrected chi connectivity index (χ4v) is 4.44. The Morgan fingerprint density at radius 3 is 2.70 bits per heavy atom. The Morgan fingerprint density at radius 2 is 2.11 bits per heavy atom. The first-order valence-corrected chi connectivity index (χ1v) is 9.65. The molecule has 8 heteroatoms. The molecular weight excluding hydrogens is 375 g/mol. The van der Waals surface area contributed by atoms with Crippen LogP contribution in [0.25, 0.3) is 11.3 Å². The van der Waals surface area contributed by atoms with E-state index in [1.807, 2.05) is 0 Å². The maximum atomic E-state index is 13.2. The van der Waals surface area contributed by atoms with Gasteiger partial charge in [0.05, 0.1) is 11.3 Å². The second-order valence-corrected chi connectivity index (χ2v) is 8.10. The number of alkyl halides is 3. The molecule has 0 saturated carbocycles. The third kappa shape index (κ3) is 4.68. The first-order valence-electron chi connectivity index (χ1n) is 8.84. The van der Waals surface area contributed by atoms with Gasteiger partial charge in [-0.05, 0) is 57.0 Å². The minimum absolute atomic E-state index is 0.253. The Morgan fingerprint density at radius 1 is 1.37 bits per heavy atom. The average Bonchev–Trinajstić information content (AvgIpc) is 3.12. The van der Waals surface area contributed by atoms with E-state index in [4.69, 9.17) is 0 Å². The number of halogens is 3. The number of rotatable bonds is 4. The molecule has 1 aliphatic rings. The number of carbonyl (C=O) groups is 1. The molecule has 2 aromatic rings. The number of likely N-dealkylation sites (tertiary alicyclic amines) is 1. The van der Waals surface area contributed by atoms with Gasteiger partial charge in [-0.3, -0.25) is 9.69 Å². The molecule has 1 aromatic heterocycles. The molecule has 1 atom stereocenters. The van der Waals surface area contributed by atoms with E-state index in [1.54, 1.807) is 13.0 Å². The predicted octanol–water partition coefficient (Wildman–Crippen LogP) is 5.08. The van der Waals surface area contributed by atoms with Crippen LogP contribution in [-0.2, 0) is 17.5 Å². The number of hydrogen-bond donors (Lipinski definition) is 1. The van der Waals surface area contributed by atoms with Crippen molar-refractivity contribution in [2.75, 3.05) is 11.9 Å². The van der Waals surface area contributed by atoms with Gasteiger partial charge in [0, 0.05) is 30.0 Å². The van der Waals surface area contributed by atoms with Gasteiger partial charge in [0.25, 0.3) is 0 Å². The molecular formula is C19H22F3N3OS. The van der Waals surface area contributed by atoms with Crippen molar-refractivity contribution < 1.29 is 18.0 Å². The highest BCUT2D eigenvalue weighted by molar-refractivity contribution is 7.16. The van der Waals surface area contributed by atoms with Crippen LogP contribution in [0.4, 0.5) is 18.3 Å². The SMILES string of the molecule is CC(=O)Nc1nc(-c2cc(C)cc(C(F)(F)F)c2)c(CN2CCCC2C)s1. The molecule has 0 spiro atoms. The molecule has 1 amide bonds. The highest BCUT2D eigenvalue weighted by Gasteiger charge is 2.32. The number of nitrogens with one attached hydrogen (secondary N) is 1. The molecule has 1 N–H and O–H groups in total. The Bertz CT molecular complexity index is 847. The molecule has 1 aliphatic heterocycles. The summed E-state index contributed by atoms with van der Waals surface area (Å²) in [5.41, 5.74) is 0.774. The largest absolute Gasteiger partial charge is 0.416 e. The van der Waals surface area contributed by atoms with Gasteiger partial charge in [0.1, 0.15) is 0 Å². The predicted molar refractivity (Wildman–Crippen MR) is 101 cm³/mol. The number of amides is 1. The maximum Gasteiger partial charge on any atom is 0.416 e. The molecule has 4 nitrogen and oxygen atoms in total. The van der Waals surface area contributed by atoms with E-state index in [0.29, 0.717) is 34.5 Å². The lowest BCUT2D eigenvalue weighted by Gasteiger charge is -2.20. The Balaban J connectivity index is 2.03. The Kier molecular flexibility index (Phi) is 5.58. The molecule has 3 rings (SSSR count). The van der Waals surface area contributed by atoms with Crippen molar-refractivity contribution in [1.29, 1.82) is 0 Å². The average molecular weight is 397 g/mol. The minimum Gasteiger partial charge on any atom is -0.302 e. The van der Waals surface area contributed by atoms with Crippen LogP contribution in [0.5, 0.6) is 0 Å². The molecule has 1 aromatic carbocycles. The Hall–Kier alpha value is -1.93. The topological polar surface area (TPSA) is 45.2 Å². The number of benzene rings is 1. The highest BCUT2D eigenvalue weighted by atomic mass is 32.1. The van der Waals surface area contributed by atoms with Crippen molar-refractivity contribution in [3.05, 3.63) is 34.2 Å². The molecule has 2 heterocycles. The summed E-state index contributed by atoms with van der Waals surface area (Å²) in [6, 6.07) is 4.40. The highest BCUT2D eigenvalue weighted by Crippen LogP contribution is 2.37. The third-order valence-corrected chi connectivity index (χ3v) is 5.65. The molecule has 0 aliphatic carbocycles. The zero-order valence-corrected chi connectivity index (χ0v) is 16.3. The summed E-state index contributed by atoms with van der Waals surface area (Å²) >= 11 is 1.32. The summed E-state index contributed by atoms with van der Waals surface area (Å²) in [5.74, 6) is -0.253. The van der Waals surface area contributed by atoms with Crippen LogP contribution in [0, 0.1) is 6.92 Å². The van der Waals surface area contributed by atoms with Crippen molar-refractivity contribution in [3.63, 3.8) is 0 Å². The van der Waals surface area contributed by atoms with Crippen LogP contribution in [0.15, 0.2) is 18.2 Å². The van der Waals surface area contributed by atoms with Crippen molar-refractivity contribution >= 4 is 22.4 Å². The van der Waals surface area contributed by atoms with E-state index in [1.165, 1.54) is 18.3 Å². The number of aromatic nitrogens is 1. The van der Waals surface area contributed by atoms with Crippen LogP contribution < -0.4 is 5.32 Å². The molecule has 1 unspecified atom stereocenters. The van der Waals surface area contributed by atoms with E-state index < -0.39 is 11.7 Å². The summed E-state index contributed by atoms with van der Waals surface area (Å²) in [6.07, 6.45) is -2.20. The zero-order valence-electron chi connectivity index (χ0n) is 15.5. The lowest BCUT2D eigenvalue weighted by molar-refractivity contribution is -0.137. The molecule has 27 heavy (non-hydrogen) atoms. The van der Waals surface area contributed by atoms with Crippen LogP contribution in [0.2, 0.25) is 0 Å². The molecule has 1 fully saturated rings. The van der Waals surface area contributed by atoms with Gasteiger partial charge >= 0.3 is 6.18 Å².